The number of fused-ring (bicyclic) bond motifs is 3. The molecule has 1 saturated carbocycles. The first-order chi connectivity index (χ1) is 15.0. The van der Waals surface area contributed by atoms with E-state index in [2.05, 4.69) is 34.9 Å². The fourth-order valence-electron chi connectivity index (χ4n) is 4.62. The van der Waals surface area contributed by atoms with Crippen LogP contribution in [0.3, 0.4) is 0 Å². The van der Waals surface area contributed by atoms with Gasteiger partial charge in [-0.25, -0.2) is 4.79 Å². The molecule has 3 atom stereocenters. The van der Waals surface area contributed by atoms with Gasteiger partial charge in [-0.15, -0.1) is 0 Å². The third-order valence-electron chi connectivity index (χ3n) is 6.23. The molecule has 1 unspecified atom stereocenters. The molecule has 2 aromatic carbocycles. The second kappa shape index (κ2) is 8.79. The van der Waals surface area contributed by atoms with Gasteiger partial charge < -0.3 is 20.5 Å². The Labute approximate surface area is 180 Å². The van der Waals surface area contributed by atoms with E-state index in [1.165, 1.54) is 6.92 Å². The average molecular weight is 422 g/mol. The molecule has 0 saturated heterocycles. The van der Waals surface area contributed by atoms with E-state index in [1.54, 1.807) is 0 Å². The van der Waals surface area contributed by atoms with Crippen molar-refractivity contribution in [3.8, 4) is 11.1 Å². The van der Waals surface area contributed by atoms with Crippen LogP contribution in [0.25, 0.3) is 11.1 Å². The maximum Gasteiger partial charge on any atom is 0.407 e. The Hall–Kier alpha value is -3.35. The number of benzene rings is 2. The topological polar surface area (TPSA) is 105 Å². The highest BCUT2D eigenvalue weighted by Crippen LogP contribution is 2.44. The molecule has 7 heteroatoms. The molecule has 0 bridgehead atoms. The highest BCUT2D eigenvalue weighted by Gasteiger charge is 2.36. The van der Waals surface area contributed by atoms with Gasteiger partial charge in [-0.1, -0.05) is 55.0 Å². The molecule has 2 aliphatic rings. The first kappa shape index (κ1) is 20.9. The van der Waals surface area contributed by atoms with Crippen LogP contribution in [0.2, 0.25) is 0 Å². The number of rotatable bonds is 6. The molecule has 2 aliphatic carbocycles. The van der Waals surface area contributed by atoms with Gasteiger partial charge in [0.15, 0.2) is 0 Å². The molecule has 0 aromatic heterocycles. The van der Waals surface area contributed by atoms with Crippen molar-refractivity contribution < 1.29 is 24.2 Å². The summed E-state index contributed by atoms with van der Waals surface area (Å²) in [5, 5.41) is 14.3. The SMILES string of the molecule is CC(NC(=O)[C@@H]1CCC[C@@H]1NC(=O)OCC1c2ccccc2-c2ccccc21)C(=O)O. The summed E-state index contributed by atoms with van der Waals surface area (Å²) in [7, 11) is 0. The van der Waals surface area contributed by atoms with E-state index in [9.17, 15) is 14.4 Å². The van der Waals surface area contributed by atoms with E-state index in [0.717, 1.165) is 28.7 Å². The summed E-state index contributed by atoms with van der Waals surface area (Å²) in [6.07, 6.45) is 1.49. The Morgan fingerprint density at radius 1 is 1.03 bits per heavy atom. The van der Waals surface area contributed by atoms with E-state index in [4.69, 9.17) is 9.84 Å². The minimum atomic E-state index is -1.09. The van der Waals surface area contributed by atoms with Gasteiger partial charge >= 0.3 is 12.1 Å². The molecule has 2 aromatic rings. The Bertz CT molecular complexity index is 959. The molecular weight excluding hydrogens is 396 g/mol. The monoisotopic (exact) mass is 422 g/mol. The van der Waals surface area contributed by atoms with Crippen LogP contribution in [-0.2, 0) is 14.3 Å². The number of aliphatic carboxylic acids is 1. The van der Waals surface area contributed by atoms with Gasteiger partial charge in [-0.05, 0) is 42.0 Å². The fourth-order valence-corrected chi connectivity index (χ4v) is 4.62. The van der Waals surface area contributed by atoms with Gasteiger partial charge in [0.2, 0.25) is 5.91 Å². The van der Waals surface area contributed by atoms with Crippen LogP contribution in [0.4, 0.5) is 4.79 Å². The van der Waals surface area contributed by atoms with Crippen LogP contribution in [0.15, 0.2) is 48.5 Å². The maximum atomic E-state index is 12.5. The van der Waals surface area contributed by atoms with Crippen LogP contribution in [0, 0.1) is 5.92 Å². The predicted octanol–water partition coefficient (Wildman–Crippen LogP) is 3.28. The fraction of sp³-hybridized carbons (Fsp3) is 0.375. The Kier molecular flexibility index (Phi) is 5.93. The number of carboxylic acid groups (broad SMARTS) is 1. The van der Waals surface area contributed by atoms with Crippen molar-refractivity contribution in [2.45, 2.75) is 44.2 Å². The van der Waals surface area contributed by atoms with Gasteiger partial charge in [0.25, 0.3) is 0 Å². The molecule has 0 radical (unpaired) electrons. The number of carbonyl (C=O) groups is 3. The molecule has 31 heavy (non-hydrogen) atoms. The molecule has 0 spiro atoms. The van der Waals surface area contributed by atoms with Crippen LogP contribution in [0.5, 0.6) is 0 Å². The molecule has 162 valence electrons. The summed E-state index contributed by atoms with van der Waals surface area (Å²) in [4.78, 5) is 35.9. The van der Waals surface area contributed by atoms with Gasteiger partial charge in [0.1, 0.15) is 12.6 Å². The normalized spacial score (nSPS) is 20.4. The van der Waals surface area contributed by atoms with E-state index in [0.29, 0.717) is 12.8 Å². The van der Waals surface area contributed by atoms with Crippen molar-refractivity contribution in [2.75, 3.05) is 6.61 Å². The lowest BCUT2D eigenvalue weighted by molar-refractivity contribution is -0.142. The standard InChI is InChI=1S/C24H26N2O5/c1-14(23(28)29)25-22(27)19-11-6-12-21(19)26-24(30)31-13-20-17-9-4-2-7-15(17)16-8-3-5-10-18(16)20/h2-5,7-10,14,19-21H,6,11-13H2,1H3,(H,25,27)(H,26,30)(H,28,29)/t14?,19-,21+/m1/s1. The van der Waals surface area contributed by atoms with Crippen LogP contribution in [-0.4, -0.2) is 41.8 Å². The predicted molar refractivity (Wildman–Crippen MR) is 115 cm³/mol. The number of hydrogen-bond acceptors (Lipinski definition) is 4. The zero-order valence-corrected chi connectivity index (χ0v) is 17.3. The van der Waals surface area contributed by atoms with Crippen LogP contribution in [0.1, 0.15) is 43.2 Å². The second-order valence-corrected chi connectivity index (χ2v) is 8.18. The van der Waals surface area contributed by atoms with Gasteiger partial charge in [0, 0.05) is 12.0 Å². The molecular formula is C24H26N2O5. The third kappa shape index (κ3) is 4.26. The van der Waals surface area contributed by atoms with E-state index < -0.39 is 24.0 Å². The molecule has 3 N–H and O–H groups in total. The molecule has 0 heterocycles. The minimum absolute atomic E-state index is 0.0303. The summed E-state index contributed by atoms with van der Waals surface area (Å²) in [5.74, 6) is -1.93. The summed E-state index contributed by atoms with van der Waals surface area (Å²) in [6.45, 7) is 1.63. The van der Waals surface area contributed by atoms with Gasteiger partial charge in [-0.3, -0.25) is 9.59 Å². The number of hydrogen-bond donors (Lipinski definition) is 3. The number of carboxylic acids is 1. The number of nitrogens with one attached hydrogen (secondary N) is 2. The number of amides is 2. The quantitative estimate of drug-likeness (QED) is 0.663. The number of ether oxygens (including phenoxy) is 1. The van der Waals surface area contributed by atoms with Crippen molar-refractivity contribution in [3.05, 3.63) is 59.7 Å². The largest absolute Gasteiger partial charge is 0.480 e. The number of carbonyl (C=O) groups excluding carboxylic acids is 2. The van der Waals surface area contributed by atoms with Crippen molar-refractivity contribution in [1.82, 2.24) is 10.6 Å². The third-order valence-corrected chi connectivity index (χ3v) is 6.23. The van der Waals surface area contributed by atoms with Crippen molar-refractivity contribution in [2.24, 2.45) is 5.92 Å². The zero-order valence-electron chi connectivity index (χ0n) is 17.3. The van der Waals surface area contributed by atoms with Crippen molar-refractivity contribution >= 4 is 18.0 Å². The molecule has 0 aliphatic heterocycles. The highest BCUT2D eigenvalue weighted by atomic mass is 16.5. The first-order valence-corrected chi connectivity index (χ1v) is 10.6. The molecule has 2 amide bonds. The maximum absolute atomic E-state index is 12.5. The summed E-state index contributed by atoms with van der Waals surface area (Å²) >= 11 is 0. The van der Waals surface area contributed by atoms with Crippen LogP contribution >= 0.6 is 0 Å². The smallest absolute Gasteiger partial charge is 0.407 e. The van der Waals surface area contributed by atoms with Crippen LogP contribution < -0.4 is 10.6 Å². The molecule has 1 fully saturated rings. The zero-order chi connectivity index (χ0) is 22.0. The molecule has 7 nitrogen and oxygen atoms in total. The highest BCUT2D eigenvalue weighted by molar-refractivity contribution is 5.86. The van der Waals surface area contributed by atoms with Gasteiger partial charge in [0.05, 0.1) is 5.92 Å². The Balaban J connectivity index is 1.37. The Morgan fingerprint density at radius 2 is 1.65 bits per heavy atom. The van der Waals surface area contributed by atoms with Crippen molar-refractivity contribution in [3.63, 3.8) is 0 Å². The van der Waals surface area contributed by atoms with Gasteiger partial charge in [-0.2, -0.15) is 0 Å². The Morgan fingerprint density at radius 3 is 2.26 bits per heavy atom. The van der Waals surface area contributed by atoms with E-state index in [-0.39, 0.29) is 24.5 Å². The molecule has 4 rings (SSSR count). The lowest BCUT2D eigenvalue weighted by Gasteiger charge is -2.22. The lowest BCUT2D eigenvalue weighted by atomic mass is 9.98. The van der Waals surface area contributed by atoms with E-state index in [1.807, 2.05) is 24.3 Å². The average Bonchev–Trinajstić information content (AvgIpc) is 3.34. The minimum Gasteiger partial charge on any atom is -0.480 e. The summed E-state index contributed by atoms with van der Waals surface area (Å²) < 4.78 is 5.57. The summed E-state index contributed by atoms with van der Waals surface area (Å²) in [6, 6.07) is 14.9. The summed E-state index contributed by atoms with van der Waals surface area (Å²) in [5.41, 5.74) is 4.59. The first-order valence-electron chi connectivity index (χ1n) is 10.6. The lowest BCUT2D eigenvalue weighted by Crippen LogP contribution is -2.48. The number of alkyl carbamates (subject to hydrolysis) is 1. The van der Waals surface area contributed by atoms with Crippen molar-refractivity contribution in [1.29, 1.82) is 0 Å². The second-order valence-electron chi connectivity index (χ2n) is 8.18. The van der Waals surface area contributed by atoms with E-state index >= 15 is 0 Å².